The lowest BCUT2D eigenvalue weighted by atomic mass is 9.97. The number of carbonyl (C=O) groups is 1. The van der Waals surface area contributed by atoms with Gasteiger partial charge in [-0.15, -0.1) is 0 Å². The van der Waals surface area contributed by atoms with Gasteiger partial charge >= 0.3 is 5.97 Å². The first kappa shape index (κ1) is 20.4. The largest absolute Gasteiger partial charge is 0.478 e. The van der Waals surface area contributed by atoms with Crippen LogP contribution in [0.25, 0.3) is 33.3 Å². The number of imidazole rings is 1. The van der Waals surface area contributed by atoms with E-state index in [-0.39, 0.29) is 5.56 Å². The lowest BCUT2D eigenvalue weighted by Crippen LogP contribution is -2.35. The maximum Gasteiger partial charge on any atom is 0.337 e. The molecule has 6 nitrogen and oxygen atoms in total. The number of rotatable bonds is 5. The summed E-state index contributed by atoms with van der Waals surface area (Å²) in [7, 11) is 0. The van der Waals surface area contributed by atoms with Crippen LogP contribution in [0.1, 0.15) is 21.7 Å². The number of aromatic carboxylic acids is 1. The smallest absolute Gasteiger partial charge is 0.337 e. The fourth-order valence-corrected chi connectivity index (χ4v) is 4.29. The fraction of sp³-hybridized carbons (Fsp3) is 0.231. The molecule has 0 atom stereocenters. The Bertz CT molecular complexity index is 1270. The van der Waals surface area contributed by atoms with E-state index in [0.29, 0.717) is 11.3 Å². The molecule has 0 amide bonds. The van der Waals surface area contributed by atoms with E-state index in [0.717, 1.165) is 55.1 Å². The number of hydrogen-bond donors (Lipinski definition) is 2. The van der Waals surface area contributed by atoms with Gasteiger partial charge in [0.25, 0.3) is 0 Å². The minimum absolute atomic E-state index is 0.210. The second-order valence-corrected chi connectivity index (χ2v) is 8.21. The van der Waals surface area contributed by atoms with Crippen molar-refractivity contribution >= 4 is 17.0 Å². The van der Waals surface area contributed by atoms with Crippen molar-refractivity contribution in [1.82, 2.24) is 14.9 Å². The van der Waals surface area contributed by atoms with Crippen LogP contribution in [0.2, 0.25) is 0 Å². The molecular formula is C26H25N3O3. The van der Waals surface area contributed by atoms with E-state index in [1.165, 1.54) is 11.1 Å². The Balaban J connectivity index is 1.42. The molecule has 6 heteroatoms. The topological polar surface area (TPSA) is 78.4 Å². The second kappa shape index (κ2) is 8.57. The SMILES string of the molecule is Cc1nc2c(C(=O)O)cc(-c3ccc(-c4cccc(CN5CCOCC5)c4)cc3)cc2[nH]1. The van der Waals surface area contributed by atoms with Crippen molar-refractivity contribution < 1.29 is 14.6 Å². The van der Waals surface area contributed by atoms with Crippen LogP contribution in [-0.4, -0.2) is 52.2 Å². The van der Waals surface area contributed by atoms with E-state index < -0.39 is 5.97 Å². The zero-order valence-electron chi connectivity index (χ0n) is 18.0. The Morgan fingerprint density at radius 2 is 1.72 bits per heavy atom. The number of morpholine rings is 1. The molecular weight excluding hydrogens is 402 g/mol. The number of hydrogen-bond acceptors (Lipinski definition) is 4. The summed E-state index contributed by atoms with van der Waals surface area (Å²) in [6, 6.07) is 20.6. The number of H-pyrrole nitrogens is 1. The van der Waals surface area contributed by atoms with Crippen LogP contribution in [0.5, 0.6) is 0 Å². The van der Waals surface area contributed by atoms with Crippen molar-refractivity contribution in [3.63, 3.8) is 0 Å². The molecule has 2 heterocycles. The molecule has 0 saturated carbocycles. The number of benzene rings is 3. The van der Waals surface area contributed by atoms with Crippen LogP contribution in [-0.2, 0) is 11.3 Å². The second-order valence-electron chi connectivity index (χ2n) is 8.21. The molecule has 0 radical (unpaired) electrons. The molecule has 4 aromatic rings. The molecule has 1 fully saturated rings. The van der Waals surface area contributed by atoms with Gasteiger partial charge in [-0.2, -0.15) is 0 Å². The summed E-state index contributed by atoms with van der Waals surface area (Å²) in [6.45, 7) is 6.29. The Hall–Kier alpha value is -3.48. The molecule has 32 heavy (non-hydrogen) atoms. The lowest BCUT2D eigenvalue weighted by Gasteiger charge is -2.26. The highest BCUT2D eigenvalue weighted by atomic mass is 16.5. The number of carboxylic acids is 1. The van der Waals surface area contributed by atoms with Gasteiger partial charge in [-0.05, 0) is 52.9 Å². The van der Waals surface area contributed by atoms with Gasteiger partial charge in [0.2, 0.25) is 0 Å². The average Bonchev–Trinajstić information content (AvgIpc) is 3.19. The van der Waals surface area contributed by atoms with Gasteiger partial charge in [0.15, 0.2) is 0 Å². The number of aryl methyl sites for hydroxylation is 1. The molecule has 1 saturated heterocycles. The minimum atomic E-state index is -0.975. The van der Waals surface area contributed by atoms with Gasteiger partial charge in [-0.25, -0.2) is 9.78 Å². The van der Waals surface area contributed by atoms with E-state index in [9.17, 15) is 9.90 Å². The van der Waals surface area contributed by atoms with Crippen LogP contribution >= 0.6 is 0 Å². The van der Waals surface area contributed by atoms with E-state index in [1.54, 1.807) is 6.07 Å². The molecule has 0 spiro atoms. The molecule has 5 rings (SSSR count). The Morgan fingerprint density at radius 3 is 2.44 bits per heavy atom. The number of aromatic amines is 1. The van der Waals surface area contributed by atoms with Crippen LogP contribution in [0.4, 0.5) is 0 Å². The van der Waals surface area contributed by atoms with Crippen molar-refractivity contribution in [2.45, 2.75) is 13.5 Å². The molecule has 0 unspecified atom stereocenters. The van der Waals surface area contributed by atoms with Crippen molar-refractivity contribution in [2.75, 3.05) is 26.3 Å². The van der Waals surface area contributed by atoms with Gasteiger partial charge in [0.05, 0.1) is 24.3 Å². The summed E-state index contributed by atoms with van der Waals surface area (Å²) in [5, 5.41) is 9.64. The number of carboxylic acid groups (broad SMARTS) is 1. The predicted molar refractivity (Wildman–Crippen MR) is 125 cm³/mol. The van der Waals surface area contributed by atoms with Gasteiger partial charge in [0, 0.05) is 19.6 Å². The van der Waals surface area contributed by atoms with Crippen LogP contribution in [0.15, 0.2) is 60.7 Å². The third-order valence-corrected chi connectivity index (χ3v) is 5.92. The molecule has 2 N–H and O–H groups in total. The Kier molecular flexibility index (Phi) is 5.47. The average molecular weight is 428 g/mol. The Labute approximate surface area is 186 Å². The summed E-state index contributed by atoms with van der Waals surface area (Å²) in [6.07, 6.45) is 0. The number of nitrogens with one attached hydrogen (secondary N) is 1. The van der Waals surface area contributed by atoms with Gasteiger partial charge in [-0.3, -0.25) is 4.90 Å². The standard InChI is InChI=1S/C26H25N3O3/c1-17-27-24-15-22(14-23(26(30)31)25(24)28-17)20-7-5-19(6-8-20)21-4-2-3-18(13-21)16-29-9-11-32-12-10-29/h2-8,13-15H,9-12,16H2,1H3,(H,27,28)(H,30,31). The van der Waals surface area contributed by atoms with Crippen molar-refractivity contribution in [2.24, 2.45) is 0 Å². The summed E-state index contributed by atoms with van der Waals surface area (Å²) in [5.74, 6) is -0.274. The van der Waals surface area contributed by atoms with Gasteiger partial charge < -0.3 is 14.8 Å². The predicted octanol–water partition coefficient (Wildman–Crippen LogP) is 4.74. The zero-order valence-corrected chi connectivity index (χ0v) is 18.0. The number of ether oxygens (including phenoxy) is 1. The van der Waals surface area contributed by atoms with Gasteiger partial charge in [0.1, 0.15) is 11.3 Å². The van der Waals surface area contributed by atoms with Crippen molar-refractivity contribution in [3.8, 4) is 22.3 Å². The minimum Gasteiger partial charge on any atom is -0.478 e. The van der Waals surface area contributed by atoms with E-state index in [4.69, 9.17) is 4.74 Å². The summed E-state index contributed by atoms with van der Waals surface area (Å²) in [5.41, 5.74) is 6.86. The molecule has 1 aliphatic heterocycles. The molecule has 3 aromatic carbocycles. The number of nitrogens with zero attached hydrogens (tertiary/aromatic N) is 2. The monoisotopic (exact) mass is 427 g/mol. The summed E-state index contributed by atoms with van der Waals surface area (Å²) >= 11 is 0. The first-order chi connectivity index (χ1) is 15.6. The third kappa shape index (κ3) is 4.15. The van der Waals surface area contributed by atoms with Crippen LogP contribution in [0.3, 0.4) is 0 Å². The molecule has 1 aromatic heterocycles. The summed E-state index contributed by atoms with van der Waals surface area (Å²) < 4.78 is 5.44. The number of aromatic nitrogens is 2. The van der Waals surface area contributed by atoms with Crippen molar-refractivity contribution in [1.29, 1.82) is 0 Å². The van der Waals surface area contributed by atoms with Crippen LogP contribution < -0.4 is 0 Å². The van der Waals surface area contributed by atoms with Gasteiger partial charge in [-0.1, -0.05) is 42.5 Å². The highest BCUT2D eigenvalue weighted by Crippen LogP contribution is 2.29. The third-order valence-electron chi connectivity index (χ3n) is 5.92. The number of fused-ring (bicyclic) bond motifs is 1. The molecule has 162 valence electrons. The van der Waals surface area contributed by atoms with Crippen LogP contribution in [0, 0.1) is 6.92 Å². The first-order valence-corrected chi connectivity index (χ1v) is 10.8. The summed E-state index contributed by atoms with van der Waals surface area (Å²) in [4.78, 5) is 21.7. The van der Waals surface area contributed by atoms with E-state index in [1.807, 2.05) is 25.1 Å². The zero-order chi connectivity index (χ0) is 22.1. The normalized spacial score (nSPS) is 14.7. The van der Waals surface area contributed by atoms with E-state index >= 15 is 0 Å². The lowest BCUT2D eigenvalue weighted by molar-refractivity contribution is 0.0342. The van der Waals surface area contributed by atoms with E-state index in [2.05, 4.69) is 51.3 Å². The molecule has 1 aliphatic rings. The Morgan fingerprint density at radius 1 is 1.00 bits per heavy atom. The first-order valence-electron chi connectivity index (χ1n) is 10.8. The highest BCUT2D eigenvalue weighted by Gasteiger charge is 2.15. The molecule has 0 bridgehead atoms. The maximum atomic E-state index is 11.8. The molecule has 0 aliphatic carbocycles. The fourth-order valence-electron chi connectivity index (χ4n) is 4.29. The quantitative estimate of drug-likeness (QED) is 0.481. The highest BCUT2D eigenvalue weighted by molar-refractivity contribution is 6.03. The van der Waals surface area contributed by atoms with Crippen molar-refractivity contribution in [3.05, 3.63) is 77.6 Å². The maximum absolute atomic E-state index is 11.8.